The zero-order valence-electron chi connectivity index (χ0n) is 16.1. The minimum Gasteiger partial charge on any atom is -0.361 e. The van der Waals surface area contributed by atoms with E-state index in [4.69, 9.17) is 0 Å². The number of fused-ring (bicyclic) bond motifs is 1. The van der Waals surface area contributed by atoms with Gasteiger partial charge in [-0.1, -0.05) is 42.5 Å². The highest BCUT2D eigenvalue weighted by Crippen LogP contribution is 2.20. The molecule has 0 fully saturated rings. The summed E-state index contributed by atoms with van der Waals surface area (Å²) in [5, 5.41) is 6.53. The molecule has 3 N–H and O–H groups in total. The van der Waals surface area contributed by atoms with Crippen LogP contribution in [-0.2, 0) is 11.3 Å². The fraction of sp³-hybridized carbons (Fsp3) is 0.0417. The van der Waals surface area contributed by atoms with Crippen molar-refractivity contribution >= 4 is 28.8 Å². The zero-order chi connectivity index (χ0) is 20.8. The van der Waals surface area contributed by atoms with Crippen molar-refractivity contribution in [2.75, 3.05) is 0 Å². The highest BCUT2D eigenvalue weighted by Gasteiger charge is 2.15. The van der Waals surface area contributed by atoms with E-state index < -0.39 is 5.91 Å². The molecule has 0 aliphatic heterocycles. The van der Waals surface area contributed by atoms with Crippen molar-refractivity contribution in [2.24, 2.45) is 0 Å². The molecule has 4 aromatic rings. The number of para-hydroxylation sites is 1. The molecule has 0 atom stereocenters. The van der Waals surface area contributed by atoms with Gasteiger partial charge in [-0.2, -0.15) is 0 Å². The van der Waals surface area contributed by atoms with Crippen LogP contribution in [0.5, 0.6) is 0 Å². The van der Waals surface area contributed by atoms with Gasteiger partial charge in [0.1, 0.15) is 5.70 Å². The molecule has 0 bridgehead atoms. The Morgan fingerprint density at radius 2 is 1.70 bits per heavy atom. The Hall–Kier alpha value is -4.19. The van der Waals surface area contributed by atoms with E-state index in [2.05, 4.69) is 20.6 Å². The average Bonchev–Trinajstić information content (AvgIpc) is 3.21. The van der Waals surface area contributed by atoms with Gasteiger partial charge in [0.05, 0.1) is 12.2 Å². The quantitative estimate of drug-likeness (QED) is 0.435. The van der Waals surface area contributed by atoms with E-state index in [1.807, 2.05) is 54.7 Å². The second kappa shape index (κ2) is 8.87. The number of aromatic amines is 1. The number of nitrogens with one attached hydrogen (secondary N) is 3. The minimum atomic E-state index is -0.393. The number of carbonyl (C=O) groups is 2. The summed E-state index contributed by atoms with van der Waals surface area (Å²) in [5.41, 5.74) is 3.12. The van der Waals surface area contributed by atoms with Crippen LogP contribution in [-0.4, -0.2) is 21.8 Å². The maximum absolute atomic E-state index is 12.9. The van der Waals surface area contributed by atoms with Gasteiger partial charge in [0.15, 0.2) is 0 Å². The fourth-order valence-electron chi connectivity index (χ4n) is 3.08. The van der Waals surface area contributed by atoms with Gasteiger partial charge in [0.2, 0.25) is 0 Å². The number of benzene rings is 2. The van der Waals surface area contributed by atoms with Crippen LogP contribution in [0.3, 0.4) is 0 Å². The maximum Gasteiger partial charge on any atom is 0.268 e. The standard InChI is InChI=1S/C24H20N4O2/c29-23(17-8-2-1-3-9-17)28-22(24(30)27-16-19-10-6-7-13-25-19)14-18-15-26-21-12-5-4-11-20(18)21/h1-15,26H,16H2,(H,27,30)(H,28,29)/b22-14+. The predicted molar refractivity (Wildman–Crippen MR) is 116 cm³/mol. The second-order valence-electron chi connectivity index (χ2n) is 6.67. The molecular weight excluding hydrogens is 376 g/mol. The summed E-state index contributed by atoms with van der Waals surface area (Å²) >= 11 is 0. The number of hydrogen-bond donors (Lipinski definition) is 3. The molecule has 0 aliphatic rings. The largest absolute Gasteiger partial charge is 0.361 e. The van der Waals surface area contributed by atoms with Crippen molar-refractivity contribution in [1.82, 2.24) is 20.6 Å². The smallest absolute Gasteiger partial charge is 0.268 e. The lowest BCUT2D eigenvalue weighted by atomic mass is 10.1. The van der Waals surface area contributed by atoms with Gasteiger partial charge in [-0.15, -0.1) is 0 Å². The first-order valence-electron chi connectivity index (χ1n) is 9.53. The zero-order valence-corrected chi connectivity index (χ0v) is 16.1. The van der Waals surface area contributed by atoms with Crippen molar-refractivity contribution < 1.29 is 9.59 Å². The van der Waals surface area contributed by atoms with E-state index >= 15 is 0 Å². The third-order valence-corrected chi connectivity index (χ3v) is 4.61. The van der Waals surface area contributed by atoms with E-state index in [-0.39, 0.29) is 18.1 Å². The molecule has 0 aliphatic carbocycles. The Morgan fingerprint density at radius 3 is 2.50 bits per heavy atom. The SMILES string of the molecule is O=C(NCc1ccccn1)/C(=C\c1c[nH]c2ccccc12)NC(=O)c1ccccc1. The Labute approximate surface area is 173 Å². The van der Waals surface area contributed by atoms with Crippen LogP contribution >= 0.6 is 0 Å². The number of pyridine rings is 1. The third-order valence-electron chi connectivity index (χ3n) is 4.61. The number of aromatic nitrogens is 2. The number of carbonyl (C=O) groups excluding carboxylic acids is 2. The maximum atomic E-state index is 12.9. The van der Waals surface area contributed by atoms with E-state index in [0.717, 1.165) is 22.2 Å². The molecule has 0 saturated carbocycles. The summed E-state index contributed by atoms with van der Waals surface area (Å²) < 4.78 is 0. The van der Waals surface area contributed by atoms with Crippen molar-refractivity contribution in [3.63, 3.8) is 0 Å². The van der Waals surface area contributed by atoms with Crippen molar-refractivity contribution in [3.8, 4) is 0 Å². The van der Waals surface area contributed by atoms with Gasteiger partial charge in [-0.05, 0) is 36.4 Å². The van der Waals surface area contributed by atoms with Crippen molar-refractivity contribution in [3.05, 3.63) is 108 Å². The van der Waals surface area contributed by atoms with Gasteiger partial charge in [-0.25, -0.2) is 0 Å². The van der Waals surface area contributed by atoms with Gasteiger partial charge >= 0.3 is 0 Å². The summed E-state index contributed by atoms with van der Waals surface area (Å²) in [5.74, 6) is -0.745. The summed E-state index contributed by atoms with van der Waals surface area (Å²) in [6.45, 7) is 0.256. The van der Waals surface area contributed by atoms with Gasteiger partial charge in [-0.3, -0.25) is 14.6 Å². The Morgan fingerprint density at radius 1 is 0.933 bits per heavy atom. The van der Waals surface area contributed by atoms with Crippen molar-refractivity contribution in [2.45, 2.75) is 6.54 Å². The Bertz CT molecular complexity index is 1200. The molecule has 30 heavy (non-hydrogen) atoms. The van der Waals surface area contributed by atoms with E-state index in [1.54, 1.807) is 36.5 Å². The topological polar surface area (TPSA) is 86.9 Å². The van der Waals surface area contributed by atoms with Crippen LogP contribution < -0.4 is 10.6 Å². The molecule has 6 nitrogen and oxygen atoms in total. The van der Waals surface area contributed by atoms with E-state index in [0.29, 0.717) is 5.56 Å². The summed E-state index contributed by atoms with van der Waals surface area (Å²) in [6.07, 6.45) is 5.15. The van der Waals surface area contributed by atoms with Crippen LogP contribution in [0.2, 0.25) is 0 Å². The number of amides is 2. The fourth-order valence-corrected chi connectivity index (χ4v) is 3.08. The Balaban J connectivity index is 1.61. The van der Waals surface area contributed by atoms with Crippen molar-refractivity contribution in [1.29, 1.82) is 0 Å². The van der Waals surface area contributed by atoms with Crippen LogP contribution in [0.15, 0.2) is 90.9 Å². The molecular formula is C24H20N4O2. The van der Waals surface area contributed by atoms with Gasteiger partial charge in [0.25, 0.3) is 11.8 Å². The molecule has 0 saturated heterocycles. The average molecular weight is 396 g/mol. The first-order chi connectivity index (χ1) is 14.7. The molecule has 2 amide bonds. The molecule has 0 unspecified atom stereocenters. The second-order valence-corrected chi connectivity index (χ2v) is 6.67. The molecule has 0 radical (unpaired) electrons. The van der Waals surface area contributed by atoms with Crippen LogP contribution in [0.1, 0.15) is 21.6 Å². The van der Waals surface area contributed by atoms with E-state index in [1.165, 1.54) is 0 Å². The number of rotatable bonds is 6. The van der Waals surface area contributed by atoms with Gasteiger partial charge < -0.3 is 15.6 Å². The molecule has 0 spiro atoms. The predicted octanol–water partition coefficient (Wildman–Crippen LogP) is 3.65. The molecule has 2 heterocycles. The number of nitrogens with zero attached hydrogens (tertiary/aromatic N) is 1. The van der Waals surface area contributed by atoms with Crippen LogP contribution in [0.25, 0.3) is 17.0 Å². The lowest BCUT2D eigenvalue weighted by Gasteiger charge is -2.11. The first kappa shape index (κ1) is 19.1. The summed E-state index contributed by atoms with van der Waals surface area (Å²) in [4.78, 5) is 33.0. The van der Waals surface area contributed by atoms with Crippen LogP contribution in [0, 0.1) is 0 Å². The first-order valence-corrected chi connectivity index (χ1v) is 9.53. The third kappa shape index (κ3) is 4.44. The molecule has 6 heteroatoms. The molecule has 2 aromatic carbocycles. The number of hydrogen-bond acceptors (Lipinski definition) is 3. The minimum absolute atomic E-state index is 0.157. The molecule has 2 aromatic heterocycles. The monoisotopic (exact) mass is 396 g/mol. The van der Waals surface area contributed by atoms with E-state index in [9.17, 15) is 9.59 Å². The summed E-state index contributed by atoms with van der Waals surface area (Å²) in [7, 11) is 0. The lowest BCUT2D eigenvalue weighted by Crippen LogP contribution is -2.34. The normalized spacial score (nSPS) is 11.3. The number of H-pyrrole nitrogens is 1. The highest BCUT2D eigenvalue weighted by atomic mass is 16.2. The van der Waals surface area contributed by atoms with Crippen LogP contribution in [0.4, 0.5) is 0 Å². The summed E-state index contributed by atoms with van der Waals surface area (Å²) in [6, 6.07) is 22.1. The lowest BCUT2D eigenvalue weighted by molar-refractivity contribution is -0.117. The molecule has 4 rings (SSSR count). The Kier molecular flexibility index (Phi) is 5.66. The van der Waals surface area contributed by atoms with Gasteiger partial charge in [0, 0.05) is 34.4 Å². The molecule has 148 valence electrons. The highest BCUT2D eigenvalue weighted by molar-refractivity contribution is 6.06.